The molecule has 72 valence electrons. The lowest BCUT2D eigenvalue weighted by molar-refractivity contribution is -0.0231. The van der Waals surface area contributed by atoms with Gasteiger partial charge in [-0.1, -0.05) is 0 Å². The minimum absolute atomic E-state index is 0.0975. The number of rotatable bonds is 1. The molecule has 0 bridgehead atoms. The van der Waals surface area contributed by atoms with Gasteiger partial charge in [0.2, 0.25) is 0 Å². The van der Waals surface area contributed by atoms with Crippen LogP contribution in [0, 0.1) is 0 Å². The Morgan fingerprint density at radius 3 is 2.92 bits per heavy atom. The fourth-order valence-electron chi connectivity index (χ4n) is 1.46. The smallest absolute Gasteiger partial charge is 0.0981 e. The van der Waals surface area contributed by atoms with Crippen LogP contribution in [0.5, 0.6) is 0 Å². The van der Waals surface area contributed by atoms with E-state index in [2.05, 4.69) is 19.2 Å². The molecule has 1 aromatic heterocycles. The predicted molar refractivity (Wildman–Crippen MR) is 49.5 cm³/mol. The first-order valence-electron chi connectivity index (χ1n) is 4.56. The van der Waals surface area contributed by atoms with Crippen LogP contribution in [0.15, 0.2) is 23.0 Å². The molecule has 1 aliphatic rings. The van der Waals surface area contributed by atoms with Crippen molar-refractivity contribution in [2.45, 2.75) is 25.5 Å². The van der Waals surface area contributed by atoms with Crippen molar-refractivity contribution in [1.29, 1.82) is 0 Å². The molecule has 1 unspecified atom stereocenters. The van der Waals surface area contributed by atoms with Gasteiger partial charge in [-0.3, -0.25) is 0 Å². The van der Waals surface area contributed by atoms with Crippen LogP contribution in [-0.2, 0) is 4.74 Å². The van der Waals surface area contributed by atoms with E-state index < -0.39 is 0 Å². The molecule has 2 heterocycles. The summed E-state index contributed by atoms with van der Waals surface area (Å²) in [7, 11) is 0. The summed E-state index contributed by atoms with van der Waals surface area (Å²) in [6.45, 7) is 5.87. The Labute approximate surface area is 78.1 Å². The predicted octanol–water partition coefficient (Wildman–Crippen LogP) is 1.72. The minimum Gasteiger partial charge on any atom is -0.472 e. The largest absolute Gasteiger partial charge is 0.472 e. The van der Waals surface area contributed by atoms with Gasteiger partial charge in [-0.2, -0.15) is 0 Å². The van der Waals surface area contributed by atoms with Crippen molar-refractivity contribution in [3.05, 3.63) is 24.2 Å². The van der Waals surface area contributed by atoms with Crippen LogP contribution in [0.4, 0.5) is 0 Å². The molecule has 1 N–H and O–H groups in total. The molecule has 1 fully saturated rings. The van der Waals surface area contributed by atoms with E-state index in [1.54, 1.807) is 12.5 Å². The van der Waals surface area contributed by atoms with Gasteiger partial charge < -0.3 is 14.5 Å². The third-order valence-corrected chi connectivity index (χ3v) is 2.33. The van der Waals surface area contributed by atoms with Crippen LogP contribution in [0.25, 0.3) is 0 Å². The zero-order valence-electron chi connectivity index (χ0n) is 8.04. The molecule has 3 nitrogen and oxygen atoms in total. The first-order valence-corrected chi connectivity index (χ1v) is 4.56. The number of furan rings is 1. The highest BCUT2D eigenvalue weighted by molar-refractivity contribution is 5.11. The Kier molecular flexibility index (Phi) is 2.14. The molecule has 0 amide bonds. The quantitative estimate of drug-likeness (QED) is 0.716. The lowest BCUT2D eigenvalue weighted by Crippen LogP contribution is -2.50. The molecule has 0 saturated carbocycles. The Morgan fingerprint density at radius 2 is 2.38 bits per heavy atom. The van der Waals surface area contributed by atoms with Crippen LogP contribution in [0.2, 0.25) is 0 Å². The van der Waals surface area contributed by atoms with E-state index in [4.69, 9.17) is 9.15 Å². The van der Waals surface area contributed by atoms with E-state index in [-0.39, 0.29) is 11.6 Å². The van der Waals surface area contributed by atoms with Crippen molar-refractivity contribution in [1.82, 2.24) is 5.32 Å². The first-order chi connectivity index (χ1) is 6.17. The highest BCUT2D eigenvalue weighted by Crippen LogP contribution is 2.23. The van der Waals surface area contributed by atoms with Crippen LogP contribution in [0.3, 0.4) is 0 Å². The fraction of sp³-hybridized carbons (Fsp3) is 0.600. The lowest BCUT2D eigenvalue weighted by Gasteiger charge is -2.35. The monoisotopic (exact) mass is 181 g/mol. The maximum Gasteiger partial charge on any atom is 0.0981 e. The van der Waals surface area contributed by atoms with E-state index in [9.17, 15) is 0 Å². The zero-order valence-corrected chi connectivity index (χ0v) is 8.04. The zero-order chi connectivity index (χ0) is 9.31. The van der Waals surface area contributed by atoms with Gasteiger partial charge in [0.05, 0.1) is 25.2 Å². The van der Waals surface area contributed by atoms with E-state index in [0.29, 0.717) is 0 Å². The van der Waals surface area contributed by atoms with Crippen LogP contribution in [0.1, 0.15) is 25.5 Å². The molecular formula is C10H15NO2. The standard InChI is InChI=1S/C10H15NO2/c1-10(2)7-13-9(5-11-10)8-3-4-12-6-8/h3-4,6,9,11H,5,7H2,1-2H3. The van der Waals surface area contributed by atoms with Crippen molar-refractivity contribution in [3.63, 3.8) is 0 Å². The summed E-state index contributed by atoms with van der Waals surface area (Å²) in [6.07, 6.45) is 3.56. The van der Waals surface area contributed by atoms with Gasteiger partial charge in [0.1, 0.15) is 0 Å². The number of nitrogens with one attached hydrogen (secondary N) is 1. The highest BCUT2D eigenvalue weighted by atomic mass is 16.5. The first kappa shape index (κ1) is 8.78. The van der Waals surface area contributed by atoms with Crippen LogP contribution < -0.4 is 5.32 Å². The fourth-order valence-corrected chi connectivity index (χ4v) is 1.46. The molecule has 0 spiro atoms. The van der Waals surface area contributed by atoms with Crippen molar-refractivity contribution in [2.24, 2.45) is 0 Å². The Morgan fingerprint density at radius 1 is 1.54 bits per heavy atom. The third kappa shape index (κ3) is 1.92. The van der Waals surface area contributed by atoms with Crippen molar-refractivity contribution in [3.8, 4) is 0 Å². The number of hydrogen-bond donors (Lipinski definition) is 1. The summed E-state index contributed by atoms with van der Waals surface area (Å²) in [5.74, 6) is 0. The average molecular weight is 181 g/mol. The van der Waals surface area contributed by atoms with Gasteiger partial charge >= 0.3 is 0 Å². The summed E-state index contributed by atoms with van der Waals surface area (Å²) in [6, 6.07) is 1.95. The summed E-state index contributed by atoms with van der Waals surface area (Å²) in [5.41, 5.74) is 1.21. The Balaban J connectivity index is 1.99. The second kappa shape index (κ2) is 3.16. The molecule has 0 aliphatic carbocycles. The maximum absolute atomic E-state index is 5.72. The van der Waals surface area contributed by atoms with Crippen molar-refractivity contribution < 1.29 is 9.15 Å². The third-order valence-electron chi connectivity index (χ3n) is 2.33. The van der Waals surface area contributed by atoms with Crippen LogP contribution >= 0.6 is 0 Å². The molecule has 0 aromatic carbocycles. The second-order valence-electron chi connectivity index (χ2n) is 4.12. The molecule has 0 radical (unpaired) electrons. The number of morpholine rings is 1. The number of ether oxygens (including phenoxy) is 1. The molecule has 3 heteroatoms. The molecule has 1 aromatic rings. The Bertz CT molecular complexity index is 256. The summed E-state index contributed by atoms with van der Waals surface area (Å²) in [5, 5.41) is 3.43. The molecule has 13 heavy (non-hydrogen) atoms. The summed E-state index contributed by atoms with van der Waals surface area (Å²) < 4.78 is 10.7. The topological polar surface area (TPSA) is 34.4 Å². The molecule has 2 rings (SSSR count). The SMILES string of the molecule is CC1(C)COC(c2ccoc2)CN1. The van der Waals surface area contributed by atoms with E-state index in [1.165, 1.54) is 0 Å². The Hall–Kier alpha value is -0.800. The number of hydrogen-bond acceptors (Lipinski definition) is 3. The van der Waals surface area contributed by atoms with Gasteiger partial charge in [0.25, 0.3) is 0 Å². The summed E-state index contributed by atoms with van der Waals surface area (Å²) >= 11 is 0. The molecule has 1 atom stereocenters. The summed E-state index contributed by atoms with van der Waals surface area (Å²) in [4.78, 5) is 0. The van der Waals surface area contributed by atoms with Gasteiger partial charge in [0, 0.05) is 17.6 Å². The maximum atomic E-state index is 5.72. The molecular weight excluding hydrogens is 166 g/mol. The highest BCUT2D eigenvalue weighted by Gasteiger charge is 2.27. The van der Waals surface area contributed by atoms with E-state index in [1.807, 2.05) is 6.07 Å². The van der Waals surface area contributed by atoms with E-state index >= 15 is 0 Å². The van der Waals surface area contributed by atoms with Gasteiger partial charge in [0.15, 0.2) is 0 Å². The van der Waals surface area contributed by atoms with Gasteiger partial charge in [-0.25, -0.2) is 0 Å². The minimum atomic E-state index is 0.0975. The average Bonchev–Trinajstić information content (AvgIpc) is 2.56. The molecule has 1 saturated heterocycles. The second-order valence-corrected chi connectivity index (χ2v) is 4.12. The van der Waals surface area contributed by atoms with Crippen molar-refractivity contribution >= 4 is 0 Å². The van der Waals surface area contributed by atoms with Crippen LogP contribution in [-0.4, -0.2) is 18.7 Å². The normalized spacial score (nSPS) is 27.4. The lowest BCUT2D eigenvalue weighted by atomic mass is 10.0. The van der Waals surface area contributed by atoms with Crippen molar-refractivity contribution in [2.75, 3.05) is 13.2 Å². The molecule has 1 aliphatic heterocycles. The van der Waals surface area contributed by atoms with Gasteiger partial charge in [-0.05, 0) is 19.9 Å². The van der Waals surface area contributed by atoms with Gasteiger partial charge in [-0.15, -0.1) is 0 Å². The van der Waals surface area contributed by atoms with E-state index in [0.717, 1.165) is 18.7 Å².